The molecular weight excluding hydrogens is 332 g/mol. The van der Waals surface area contributed by atoms with Crippen molar-refractivity contribution < 1.29 is 9.94 Å². The van der Waals surface area contributed by atoms with Crippen LogP contribution in [0.15, 0.2) is 52.1 Å². The number of halogens is 1. The molecule has 0 spiro atoms. The van der Waals surface area contributed by atoms with Gasteiger partial charge in [-0.2, -0.15) is 0 Å². The summed E-state index contributed by atoms with van der Waals surface area (Å²) in [5, 5.41) is 14.0. The Morgan fingerprint density at radius 3 is 2.62 bits per heavy atom. The zero-order valence-electron chi connectivity index (χ0n) is 11.7. The smallest absolute Gasteiger partial charge is 0.134 e. The molecular formula is C16H17BrN2O2. The highest BCUT2D eigenvalue weighted by Gasteiger charge is 2.12. The molecule has 0 saturated carbocycles. The normalized spacial score (nSPS) is 11.5. The number of hydrogen-bond acceptors (Lipinski definition) is 4. The first kappa shape index (κ1) is 15.5. The lowest BCUT2D eigenvalue weighted by Crippen LogP contribution is -2.08. The third-order valence-electron chi connectivity index (χ3n) is 3.11. The quantitative estimate of drug-likeness (QED) is 0.643. The summed E-state index contributed by atoms with van der Waals surface area (Å²) in [6.07, 6.45) is 0.635. The zero-order chi connectivity index (χ0) is 15.2. The van der Waals surface area contributed by atoms with E-state index >= 15 is 0 Å². The second-order valence-corrected chi connectivity index (χ2v) is 5.41. The summed E-state index contributed by atoms with van der Waals surface area (Å²) in [6, 6.07) is 13.7. The molecule has 2 aromatic rings. The summed E-state index contributed by atoms with van der Waals surface area (Å²) in [5.41, 5.74) is 9.10. The molecule has 0 radical (unpaired) electrons. The molecule has 2 aromatic carbocycles. The molecule has 0 fully saturated rings. The van der Waals surface area contributed by atoms with Crippen molar-refractivity contribution >= 4 is 21.6 Å². The number of rotatable bonds is 5. The summed E-state index contributed by atoms with van der Waals surface area (Å²) in [4.78, 5) is 4.95. The van der Waals surface area contributed by atoms with Gasteiger partial charge in [0.2, 0.25) is 0 Å². The van der Waals surface area contributed by atoms with Crippen LogP contribution in [-0.2, 0) is 17.8 Å². The second kappa shape index (κ2) is 7.24. The fourth-order valence-electron chi connectivity index (χ4n) is 2.06. The Kier molecular flexibility index (Phi) is 5.36. The van der Waals surface area contributed by atoms with Gasteiger partial charge in [-0.1, -0.05) is 35.5 Å². The highest BCUT2D eigenvalue weighted by molar-refractivity contribution is 9.10. The number of oxime groups is 1. The Morgan fingerprint density at radius 1 is 1.29 bits per heavy atom. The molecule has 0 aromatic heterocycles. The first-order valence-electron chi connectivity index (χ1n) is 6.51. The molecule has 0 saturated heterocycles. The van der Waals surface area contributed by atoms with Crippen molar-refractivity contribution in [3.63, 3.8) is 0 Å². The van der Waals surface area contributed by atoms with E-state index in [-0.39, 0.29) is 12.3 Å². The number of benzene rings is 2. The molecule has 21 heavy (non-hydrogen) atoms. The van der Waals surface area contributed by atoms with Crippen LogP contribution in [0.3, 0.4) is 0 Å². The molecule has 0 aliphatic carbocycles. The lowest BCUT2D eigenvalue weighted by molar-refractivity contribution is 0.213. The third kappa shape index (κ3) is 3.83. The monoisotopic (exact) mass is 348 g/mol. The summed E-state index contributed by atoms with van der Waals surface area (Å²) in [7, 11) is 1.52. The summed E-state index contributed by atoms with van der Waals surface area (Å²) in [5.74, 6) is 0.165. The Labute approximate surface area is 132 Å². The van der Waals surface area contributed by atoms with Crippen LogP contribution in [0, 0.1) is 0 Å². The third-order valence-corrected chi connectivity index (χ3v) is 3.72. The molecule has 110 valence electrons. The predicted octanol–water partition coefficient (Wildman–Crippen LogP) is 3.21. The number of nitrogens with zero attached hydrogens (tertiary/aromatic N) is 1. The van der Waals surface area contributed by atoms with Gasteiger partial charge in [-0.15, -0.1) is 0 Å². The molecule has 0 atom stereocenters. The van der Waals surface area contributed by atoms with E-state index in [4.69, 9.17) is 10.6 Å². The Bertz CT molecular complexity index is 642. The standard InChI is InChI=1S/C16H17BrN2O2/c1-21-19-15(7-11-5-3-2-4-6-11)12-8-13(10-18)16(20)14(17)9-12/h2-6,8-9,20H,7,10,18H2,1H3. The van der Waals surface area contributed by atoms with Crippen molar-refractivity contribution in [1.29, 1.82) is 0 Å². The number of nitrogens with two attached hydrogens (primary N) is 1. The van der Waals surface area contributed by atoms with Gasteiger partial charge in [0.05, 0.1) is 10.2 Å². The topological polar surface area (TPSA) is 67.8 Å². The molecule has 0 amide bonds. The number of hydrogen-bond donors (Lipinski definition) is 2. The van der Waals surface area contributed by atoms with Crippen molar-refractivity contribution in [2.75, 3.05) is 7.11 Å². The van der Waals surface area contributed by atoms with Crippen molar-refractivity contribution in [2.24, 2.45) is 10.9 Å². The van der Waals surface area contributed by atoms with Crippen LogP contribution < -0.4 is 5.73 Å². The maximum absolute atomic E-state index is 9.93. The molecule has 0 bridgehead atoms. The van der Waals surface area contributed by atoms with E-state index < -0.39 is 0 Å². The van der Waals surface area contributed by atoms with Gasteiger partial charge in [-0.3, -0.25) is 0 Å². The SMILES string of the molecule is CON=C(Cc1ccccc1)c1cc(Br)c(O)c(CN)c1. The van der Waals surface area contributed by atoms with Crippen LogP contribution in [0.25, 0.3) is 0 Å². The van der Waals surface area contributed by atoms with Gasteiger partial charge < -0.3 is 15.7 Å². The van der Waals surface area contributed by atoms with E-state index in [2.05, 4.69) is 21.1 Å². The fourth-order valence-corrected chi connectivity index (χ4v) is 2.57. The largest absolute Gasteiger partial charge is 0.506 e. The molecule has 0 aliphatic rings. The molecule has 0 aliphatic heterocycles. The number of phenolic OH excluding ortho intramolecular Hbond substituents is 1. The maximum atomic E-state index is 9.93. The van der Waals surface area contributed by atoms with Crippen molar-refractivity contribution in [2.45, 2.75) is 13.0 Å². The van der Waals surface area contributed by atoms with E-state index in [0.29, 0.717) is 16.5 Å². The van der Waals surface area contributed by atoms with E-state index in [1.807, 2.05) is 42.5 Å². The summed E-state index contributed by atoms with van der Waals surface area (Å²) in [6.45, 7) is 0.254. The highest BCUT2D eigenvalue weighted by Crippen LogP contribution is 2.30. The van der Waals surface area contributed by atoms with Gasteiger partial charge in [-0.25, -0.2) is 0 Å². The average Bonchev–Trinajstić information content (AvgIpc) is 2.50. The molecule has 0 heterocycles. The summed E-state index contributed by atoms with van der Waals surface area (Å²) >= 11 is 3.34. The van der Waals surface area contributed by atoms with Crippen molar-refractivity contribution in [3.8, 4) is 5.75 Å². The highest BCUT2D eigenvalue weighted by atomic mass is 79.9. The first-order valence-corrected chi connectivity index (χ1v) is 7.30. The van der Waals surface area contributed by atoms with Crippen molar-refractivity contribution in [1.82, 2.24) is 0 Å². The Hall–Kier alpha value is -1.85. The van der Waals surface area contributed by atoms with E-state index in [9.17, 15) is 5.11 Å². The van der Waals surface area contributed by atoms with Crippen LogP contribution in [-0.4, -0.2) is 17.9 Å². The van der Waals surface area contributed by atoms with Crippen LogP contribution in [0.5, 0.6) is 5.75 Å². The number of phenols is 1. The molecule has 2 rings (SSSR count). The van der Waals surface area contributed by atoms with Crippen LogP contribution in [0.4, 0.5) is 0 Å². The van der Waals surface area contributed by atoms with Gasteiger partial charge in [0.25, 0.3) is 0 Å². The zero-order valence-corrected chi connectivity index (χ0v) is 13.3. The Balaban J connectivity index is 2.39. The molecule has 3 N–H and O–H groups in total. The average molecular weight is 349 g/mol. The van der Waals surface area contributed by atoms with Gasteiger partial charge in [-0.05, 0) is 33.6 Å². The van der Waals surface area contributed by atoms with E-state index in [1.54, 1.807) is 0 Å². The van der Waals surface area contributed by atoms with Crippen LogP contribution in [0.1, 0.15) is 16.7 Å². The Morgan fingerprint density at radius 2 is 2.00 bits per heavy atom. The minimum Gasteiger partial charge on any atom is -0.506 e. The maximum Gasteiger partial charge on any atom is 0.134 e. The number of aromatic hydroxyl groups is 1. The van der Waals surface area contributed by atoms with Gasteiger partial charge in [0.1, 0.15) is 12.9 Å². The van der Waals surface area contributed by atoms with Crippen LogP contribution in [0.2, 0.25) is 0 Å². The minimum absolute atomic E-state index is 0.165. The lowest BCUT2D eigenvalue weighted by atomic mass is 10.00. The van der Waals surface area contributed by atoms with Gasteiger partial charge in [0, 0.05) is 24.1 Å². The molecule has 4 nitrogen and oxygen atoms in total. The first-order chi connectivity index (χ1) is 10.2. The van der Waals surface area contributed by atoms with Gasteiger partial charge >= 0.3 is 0 Å². The molecule has 0 unspecified atom stereocenters. The molecule has 5 heteroatoms. The fraction of sp³-hybridized carbons (Fsp3) is 0.188. The van der Waals surface area contributed by atoms with Gasteiger partial charge in [0.15, 0.2) is 0 Å². The predicted molar refractivity (Wildman–Crippen MR) is 87.4 cm³/mol. The second-order valence-electron chi connectivity index (χ2n) is 4.55. The van der Waals surface area contributed by atoms with Crippen LogP contribution >= 0.6 is 15.9 Å². The van der Waals surface area contributed by atoms with Crippen molar-refractivity contribution in [3.05, 3.63) is 63.6 Å². The minimum atomic E-state index is 0.165. The van der Waals surface area contributed by atoms with E-state index in [1.165, 1.54) is 7.11 Å². The lowest BCUT2D eigenvalue weighted by Gasteiger charge is -2.11. The summed E-state index contributed by atoms with van der Waals surface area (Å²) < 4.78 is 0.595. The van der Waals surface area contributed by atoms with E-state index in [0.717, 1.165) is 16.8 Å².